The third-order valence-corrected chi connectivity index (χ3v) is 4.44. The monoisotopic (exact) mass is 307 g/mol. The summed E-state index contributed by atoms with van der Waals surface area (Å²) in [5, 5.41) is 7.62. The van der Waals surface area contributed by atoms with Crippen molar-refractivity contribution in [3.05, 3.63) is 17.5 Å². The zero-order valence-electron chi connectivity index (χ0n) is 13.3. The SMILES string of the molecule is CCCNC1(Cc2cc(C(=O)N3CCCCC3)on2)COC1. The second-order valence-electron chi connectivity index (χ2n) is 6.41. The van der Waals surface area contributed by atoms with Gasteiger partial charge in [-0.05, 0) is 32.2 Å². The highest BCUT2D eigenvalue weighted by Crippen LogP contribution is 2.23. The first-order valence-corrected chi connectivity index (χ1v) is 8.30. The molecule has 0 radical (unpaired) electrons. The van der Waals surface area contributed by atoms with Crippen molar-refractivity contribution in [1.82, 2.24) is 15.4 Å². The summed E-state index contributed by atoms with van der Waals surface area (Å²) in [6.07, 6.45) is 5.18. The fourth-order valence-electron chi connectivity index (χ4n) is 3.10. The molecule has 0 aliphatic carbocycles. The largest absolute Gasteiger partial charge is 0.377 e. The molecule has 122 valence electrons. The van der Waals surface area contributed by atoms with Crippen LogP contribution in [-0.2, 0) is 11.2 Å². The van der Waals surface area contributed by atoms with Gasteiger partial charge >= 0.3 is 0 Å². The molecular formula is C16H25N3O3. The molecule has 3 rings (SSSR count). The molecule has 0 spiro atoms. The molecule has 1 N–H and O–H groups in total. The van der Waals surface area contributed by atoms with Crippen LogP contribution >= 0.6 is 0 Å². The van der Waals surface area contributed by atoms with Crippen molar-refractivity contribution in [3.8, 4) is 0 Å². The van der Waals surface area contributed by atoms with Gasteiger partial charge < -0.3 is 19.5 Å². The molecule has 1 aromatic rings. The third kappa shape index (κ3) is 3.33. The number of carbonyl (C=O) groups excluding carboxylic acids is 1. The van der Waals surface area contributed by atoms with E-state index in [1.165, 1.54) is 6.42 Å². The van der Waals surface area contributed by atoms with Crippen LogP contribution in [0.4, 0.5) is 0 Å². The predicted molar refractivity (Wildman–Crippen MR) is 81.8 cm³/mol. The van der Waals surface area contributed by atoms with Crippen molar-refractivity contribution in [2.75, 3.05) is 32.8 Å². The summed E-state index contributed by atoms with van der Waals surface area (Å²) in [6.45, 7) is 6.13. The lowest BCUT2D eigenvalue weighted by atomic mass is 9.91. The number of hydrogen-bond acceptors (Lipinski definition) is 5. The molecule has 6 nitrogen and oxygen atoms in total. The Morgan fingerprint density at radius 3 is 2.77 bits per heavy atom. The normalized spacial score (nSPS) is 20.7. The molecule has 2 fully saturated rings. The number of ether oxygens (including phenoxy) is 1. The first-order chi connectivity index (χ1) is 10.7. The number of nitrogens with zero attached hydrogens (tertiary/aromatic N) is 2. The lowest BCUT2D eigenvalue weighted by molar-refractivity contribution is -0.0743. The Labute approximate surface area is 131 Å². The van der Waals surface area contributed by atoms with Gasteiger partial charge in [0.2, 0.25) is 5.76 Å². The van der Waals surface area contributed by atoms with Crippen LogP contribution in [-0.4, -0.2) is 54.4 Å². The minimum Gasteiger partial charge on any atom is -0.377 e. The summed E-state index contributed by atoms with van der Waals surface area (Å²) in [5.74, 6) is 0.335. The maximum atomic E-state index is 12.4. The Hall–Kier alpha value is -1.40. The Bertz CT molecular complexity index is 504. The Morgan fingerprint density at radius 2 is 2.14 bits per heavy atom. The van der Waals surface area contributed by atoms with Crippen molar-refractivity contribution in [2.45, 2.75) is 44.6 Å². The van der Waals surface area contributed by atoms with E-state index in [4.69, 9.17) is 9.26 Å². The molecule has 2 aliphatic heterocycles. The molecule has 1 aromatic heterocycles. The zero-order chi connectivity index (χ0) is 15.4. The van der Waals surface area contributed by atoms with Crippen LogP contribution in [0.25, 0.3) is 0 Å². The topological polar surface area (TPSA) is 67.6 Å². The van der Waals surface area contributed by atoms with Crippen LogP contribution < -0.4 is 5.32 Å². The highest BCUT2D eigenvalue weighted by atomic mass is 16.5. The van der Waals surface area contributed by atoms with Crippen LogP contribution in [0.2, 0.25) is 0 Å². The van der Waals surface area contributed by atoms with Gasteiger partial charge in [-0.2, -0.15) is 0 Å². The highest BCUT2D eigenvalue weighted by molar-refractivity contribution is 5.91. The first kappa shape index (κ1) is 15.5. The van der Waals surface area contributed by atoms with Gasteiger partial charge in [0.1, 0.15) is 0 Å². The van der Waals surface area contributed by atoms with E-state index in [1.54, 1.807) is 6.07 Å². The van der Waals surface area contributed by atoms with Gasteiger partial charge in [0.05, 0.1) is 24.4 Å². The summed E-state index contributed by atoms with van der Waals surface area (Å²) in [6, 6.07) is 1.80. The molecule has 3 heterocycles. The van der Waals surface area contributed by atoms with Gasteiger partial charge in [0.15, 0.2) is 0 Å². The first-order valence-electron chi connectivity index (χ1n) is 8.30. The Kier molecular flexibility index (Phi) is 4.78. The molecule has 0 aromatic carbocycles. The van der Waals surface area contributed by atoms with Crippen molar-refractivity contribution >= 4 is 5.91 Å². The van der Waals surface area contributed by atoms with Crippen molar-refractivity contribution in [2.24, 2.45) is 0 Å². The van der Waals surface area contributed by atoms with Gasteiger partial charge in [-0.1, -0.05) is 12.1 Å². The minimum absolute atomic E-state index is 0.0288. The van der Waals surface area contributed by atoms with Crippen molar-refractivity contribution in [3.63, 3.8) is 0 Å². The van der Waals surface area contributed by atoms with E-state index in [0.29, 0.717) is 19.0 Å². The second-order valence-corrected chi connectivity index (χ2v) is 6.41. The van der Waals surface area contributed by atoms with Crippen LogP contribution in [0, 0.1) is 0 Å². The number of nitrogens with one attached hydrogen (secondary N) is 1. The van der Waals surface area contributed by atoms with E-state index < -0.39 is 0 Å². The van der Waals surface area contributed by atoms with E-state index in [0.717, 1.165) is 51.0 Å². The van der Waals surface area contributed by atoms with E-state index in [2.05, 4.69) is 17.4 Å². The quantitative estimate of drug-likeness (QED) is 0.865. The number of piperidine rings is 1. The minimum atomic E-state index is -0.0433. The van der Waals surface area contributed by atoms with Gasteiger partial charge in [-0.25, -0.2) is 0 Å². The van der Waals surface area contributed by atoms with Crippen LogP contribution in [0.1, 0.15) is 48.9 Å². The van der Waals surface area contributed by atoms with Gasteiger partial charge in [0, 0.05) is 25.6 Å². The third-order valence-electron chi connectivity index (χ3n) is 4.44. The van der Waals surface area contributed by atoms with Crippen molar-refractivity contribution < 1.29 is 14.1 Å². The molecule has 0 saturated carbocycles. The highest BCUT2D eigenvalue weighted by Gasteiger charge is 2.39. The van der Waals surface area contributed by atoms with E-state index in [9.17, 15) is 4.79 Å². The average Bonchev–Trinajstić information content (AvgIpc) is 2.98. The summed E-state index contributed by atoms with van der Waals surface area (Å²) in [4.78, 5) is 14.3. The number of likely N-dealkylation sites (tertiary alicyclic amines) is 1. The average molecular weight is 307 g/mol. The molecule has 0 bridgehead atoms. The summed E-state index contributed by atoms with van der Waals surface area (Å²) in [7, 11) is 0. The predicted octanol–water partition coefficient (Wildman–Crippen LogP) is 1.61. The number of aromatic nitrogens is 1. The van der Waals surface area contributed by atoms with Crippen LogP contribution in [0.5, 0.6) is 0 Å². The van der Waals surface area contributed by atoms with Crippen LogP contribution in [0.15, 0.2) is 10.6 Å². The summed E-state index contributed by atoms with van der Waals surface area (Å²) >= 11 is 0. The maximum absolute atomic E-state index is 12.4. The molecule has 0 atom stereocenters. The molecule has 6 heteroatoms. The second kappa shape index (κ2) is 6.79. The van der Waals surface area contributed by atoms with E-state index >= 15 is 0 Å². The lowest BCUT2D eigenvalue weighted by Crippen LogP contribution is -2.62. The molecule has 22 heavy (non-hydrogen) atoms. The van der Waals surface area contributed by atoms with Crippen LogP contribution in [0.3, 0.4) is 0 Å². The smallest absolute Gasteiger partial charge is 0.292 e. The van der Waals surface area contributed by atoms with Crippen molar-refractivity contribution in [1.29, 1.82) is 0 Å². The summed E-state index contributed by atoms with van der Waals surface area (Å²) in [5.41, 5.74) is 0.783. The van der Waals surface area contributed by atoms with Gasteiger partial charge in [0.25, 0.3) is 5.91 Å². The Balaban J connectivity index is 1.61. The standard InChI is InChI=1S/C16H25N3O3/c1-2-6-17-16(11-21-12-16)10-13-9-14(22-18-13)15(20)19-7-4-3-5-8-19/h9,17H,2-8,10-12H2,1H3. The lowest BCUT2D eigenvalue weighted by Gasteiger charge is -2.42. The molecule has 1 amide bonds. The number of rotatable bonds is 6. The molecule has 2 saturated heterocycles. The van der Waals surface area contributed by atoms with Gasteiger partial charge in [-0.3, -0.25) is 4.79 Å². The molecule has 2 aliphatic rings. The van der Waals surface area contributed by atoms with E-state index in [1.807, 2.05) is 4.90 Å². The molecule has 0 unspecified atom stereocenters. The number of carbonyl (C=O) groups is 1. The summed E-state index contributed by atoms with van der Waals surface area (Å²) < 4.78 is 10.6. The number of hydrogen-bond donors (Lipinski definition) is 1. The van der Waals surface area contributed by atoms with E-state index in [-0.39, 0.29) is 11.4 Å². The number of amides is 1. The zero-order valence-corrected chi connectivity index (χ0v) is 13.3. The van der Waals surface area contributed by atoms with Gasteiger partial charge in [-0.15, -0.1) is 0 Å². The fraction of sp³-hybridized carbons (Fsp3) is 0.750. The Morgan fingerprint density at radius 1 is 1.36 bits per heavy atom. The maximum Gasteiger partial charge on any atom is 0.292 e. The molecular weight excluding hydrogens is 282 g/mol. The fourth-order valence-corrected chi connectivity index (χ4v) is 3.10.